The molecule has 0 saturated carbocycles. The summed E-state index contributed by atoms with van der Waals surface area (Å²) in [4.78, 5) is 2.34. The van der Waals surface area contributed by atoms with Gasteiger partial charge in [-0.25, -0.2) is 0 Å². The van der Waals surface area contributed by atoms with E-state index in [9.17, 15) is 5.11 Å². The Bertz CT molecular complexity index is 511. The molecule has 1 aromatic heterocycles. The Kier molecular flexibility index (Phi) is 2.99. The third-order valence-corrected chi connectivity index (χ3v) is 4.38. The molecule has 1 saturated heterocycles. The molecule has 3 rings (SSSR count). The number of aliphatic hydroxyl groups is 1. The quantitative estimate of drug-likeness (QED) is 0.887. The molecule has 2 aromatic rings. The molecule has 1 atom stereocenters. The first-order valence-corrected chi connectivity index (χ1v) is 6.89. The minimum atomic E-state index is 0.242. The van der Waals surface area contributed by atoms with Gasteiger partial charge in [0, 0.05) is 11.9 Å². The average Bonchev–Trinajstić information content (AvgIpc) is 2.82. The maximum absolute atomic E-state index is 9.47. The van der Waals surface area contributed by atoms with Gasteiger partial charge in [-0.1, -0.05) is 12.1 Å². The largest absolute Gasteiger partial charge is 0.394 e. The molecular formula is C13H16N2OS. The van der Waals surface area contributed by atoms with Crippen LogP contribution >= 0.6 is 11.5 Å². The van der Waals surface area contributed by atoms with Gasteiger partial charge in [-0.05, 0) is 42.9 Å². The van der Waals surface area contributed by atoms with Crippen molar-refractivity contribution in [3.8, 4) is 0 Å². The van der Waals surface area contributed by atoms with Crippen LogP contribution < -0.4 is 4.90 Å². The first-order valence-electron chi connectivity index (χ1n) is 6.12. The Morgan fingerprint density at radius 2 is 2.24 bits per heavy atom. The highest BCUT2D eigenvalue weighted by Crippen LogP contribution is 2.34. The number of hydrogen-bond donors (Lipinski definition) is 1. The molecule has 3 nitrogen and oxygen atoms in total. The molecule has 17 heavy (non-hydrogen) atoms. The van der Waals surface area contributed by atoms with Crippen molar-refractivity contribution >= 4 is 27.4 Å². The van der Waals surface area contributed by atoms with Gasteiger partial charge in [-0.15, -0.1) is 0 Å². The van der Waals surface area contributed by atoms with E-state index in [1.807, 2.05) is 12.1 Å². The van der Waals surface area contributed by atoms with Crippen LogP contribution in [0.15, 0.2) is 24.3 Å². The van der Waals surface area contributed by atoms with Gasteiger partial charge in [0.1, 0.15) is 5.00 Å². The minimum absolute atomic E-state index is 0.242. The van der Waals surface area contributed by atoms with Crippen molar-refractivity contribution in [2.75, 3.05) is 18.1 Å². The molecule has 4 heteroatoms. The summed E-state index contributed by atoms with van der Waals surface area (Å²) in [6.07, 6.45) is 3.52. The molecule has 1 N–H and O–H groups in total. The molecule has 90 valence electrons. The van der Waals surface area contributed by atoms with Crippen LogP contribution in [-0.4, -0.2) is 28.7 Å². The number of anilines is 1. The Morgan fingerprint density at radius 1 is 1.35 bits per heavy atom. The highest BCUT2D eigenvalue weighted by atomic mass is 32.1. The van der Waals surface area contributed by atoms with Gasteiger partial charge >= 0.3 is 0 Å². The molecule has 1 fully saturated rings. The van der Waals surface area contributed by atoms with Gasteiger partial charge in [0.05, 0.1) is 18.2 Å². The summed E-state index contributed by atoms with van der Waals surface area (Å²) >= 11 is 1.55. The van der Waals surface area contributed by atoms with Gasteiger partial charge in [0.25, 0.3) is 0 Å². The van der Waals surface area contributed by atoms with E-state index in [0.29, 0.717) is 0 Å². The third-order valence-electron chi connectivity index (χ3n) is 3.46. The van der Waals surface area contributed by atoms with Crippen LogP contribution in [0.3, 0.4) is 0 Å². The van der Waals surface area contributed by atoms with Crippen LogP contribution in [0.2, 0.25) is 0 Å². The van der Waals surface area contributed by atoms with Crippen molar-refractivity contribution in [3.05, 3.63) is 24.3 Å². The van der Waals surface area contributed by atoms with Crippen molar-refractivity contribution in [3.63, 3.8) is 0 Å². The Hall–Kier alpha value is -1.13. The number of benzene rings is 1. The molecule has 0 bridgehead atoms. The predicted molar refractivity (Wildman–Crippen MR) is 71.7 cm³/mol. The highest BCUT2D eigenvalue weighted by Gasteiger charge is 2.24. The van der Waals surface area contributed by atoms with E-state index in [4.69, 9.17) is 0 Å². The van der Waals surface area contributed by atoms with Crippen molar-refractivity contribution < 1.29 is 5.11 Å². The lowest BCUT2D eigenvalue weighted by Crippen LogP contribution is -2.41. The maximum Gasteiger partial charge on any atom is 0.120 e. The molecule has 0 aliphatic carbocycles. The monoisotopic (exact) mass is 248 g/mol. The fourth-order valence-electron chi connectivity index (χ4n) is 2.54. The van der Waals surface area contributed by atoms with E-state index in [-0.39, 0.29) is 12.6 Å². The number of piperidine rings is 1. The molecule has 1 aliphatic heterocycles. The standard InChI is InChI=1S/C13H16N2OS/c16-9-10-5-3-4-8-15(10)13-11-6-1-2-7-12(11)14-17-13/h1-2,6-7,10,16H,3-5,8-9H2. The molecule has 1 unspecified atom stereocenters. The first-order chi connectivity index (χ1) is 8.40. The summed E-state index contributed by atoms with van der Waals surface area (Å²) in [5.74, 6) is 0. The predicted octanol–water partition coefficient (Wildman–Crippen LogP) is 2.65. The number of rotatable bonds is 2. The van der Waals surface area contributed by atoms with E-state index in [1.54, 1.807) is 11.5 Å². The summed E-state index contributed by atoms with van der Waals surface area (Å²) < 4.78 is 4.48. The summed E-state index contributed by atoms with van der Waals surface area (Å²) in [5, 5.41) is 11.9. The second-order valence-electron chi connectivity index (χ2n) is 4.53. The number of hydrogen-bond acceptors (Lipinski definition) is 4. The zero-order chi connectivity index (χ0) is 11.7. The zero-order valence-electron chi connectivity index (χ0n) is 9.67. The average molecular weight is 248 g/mol. The SMILES string of the molecule is OCC1CCCCN1c1snc2ccccc12. The van der Waals surface area contributed by atoms with Gasteiger partial charge in [0.15, 0.2) is 0 Å². The molecule has 1 aliphatic rings. The van der Waals surface area contributed by atoms with Crippen molar-refractivity contribution in [2.24, 2.45) is 0 Å². The molecule has 2 heterocycles. The number of aliphatic hydroxyl groups excluding tert-OH is 1. The molecule has 0 spiro atoms. The second-order valence-corrected chi connectivity index (χ2v) is 5.28. The number of aromatic nitrogens is 1. The summed E-state index contributed by atoms with van der Waals surface area (Å²) in [5.41, 5.74) is 1.06. The van der Waals surface area contributed by atoms with Gasteiger partial charge < -0.3 is 10.0 Å². The van der Waals surface area contributed by atoms with E-state index in [2.05, 4.69) is 21.4 Å². The summed E-state index contributed by atoms with van der Waals surface area (Å²) in [6.45, 7) is 1.28. The summed E-state index contributed by atoms with van der Waals surface area (Å²) in [6, 6.07) is 8.52. The summed E-state index contributed by atoms with van der Waals surface area (Å²) in [7, 11) is 0. The Morgan fingerprint density at radius 3 is 3.12 bits per heavy atom. The molecule has 0 amide bonds. The van der Waals surface area contributed by atoms with Crippen LogP contribution in [0, 0.1) is 0 Å². The third kappa shape index (κ3) is 1.91. The lowest BCUT2D eigenvalue weighted by molar-refractivity contribution is 0.241. The van der Waals surface area contributed by atoms with E-state index >= 15 is 0 Å². The van der Waals surface area contributed by atoms with Crippen LogP contribution in [-0.2, 0) is 0 Å². The molecule has 0 radical (unpaired) electrons. The van der Waals surface area contributed by atoms with Crippen molar-refractivity contribution in [1.29, 1.82) is 0 Å². The lowest BCUT2D eigenvalue weighted by Gasteiger charge is -2.35. The maximum atomic E-state index is 9.47. The van der Waals surface area contributed by atoms with Gasteiger partial charge in [0.2, 0.25) is 0 Å². The second kappa shape index (κ2) is 4.63. The Balaban J connectivity index is 2.01. The zero-order valence-corrected chi connectivity index (χ0v) is 10.5. The normalized spacial score (nSPS) is 21.0. The smallest absolute Gasteiger partial charge is 0.120 e. The van der Waals surface area contributed by atoms with Crippen molar-refractivity contribution in [1.82, 2.24) is 4.37 Å². The van der Waals surface area contributed by atoms with Crippen LogP contribution in [0.5, 0.6) is 0 Å². The van der Waals surface area contributed by atoms with E-state index in [0.717, 1.165) is 18.5 Å². The number of nitrogens with zero attached hydrogens (tertiary/aromatic N) is 2. The van der Waals surface area contributed by atoms with Crippen LogP contribution in [0.25, 0.3) is 10.9 Å². The fraction of sp³-hybridized carbons (Fsp3) is 0.462. The van der Waals surface area contributed by atoms with Gasteiger partial charge in [-0.3, -0.25) is 0 Å². The molecular weight excluding hydrogens is 232 g/mol. The minimum Gasteiger partial charge on any atom is -0.394 e. The Labute approximate surface area is 105 Å². The van der Waals surface area contributed by atoms with E-state index < -0.39 is 0 Å². The lowest BCUT2D eigenvalue weighted by atomic mass is 10.0. The van der Waals surface area contributed by atoms with Crippen LogP contribution in [0.1, 0.15) is 19.3 Å². The topological polar surface area (TPSA) is 36.4 Å². The van der Waals surface area contributed by atoms with E-state index in [1.165, 1.54) is 23.2 Å². The van der Waals surface area contributed by atoms with Gasteiger partial charge in [-0.2, -0.15) is 4.37 Å². The molecule has 1 aromatic carbocycles. The van der Waals surface area contributed by atoms with Crippen molar-refractivity contribution in [2.45, 2.75) is 25.3 Å². The highest BCUT2D eigenvalue weighted by molar-refractivity contribution is 7.11. The number of fused-ring (bicyclic) bond motifs is 1. The fourth-order valence-corrected chi connectivity index (χ4v) is 3.50. The van der Waals surface area contributed by atoms with Crippen LogP contribution in [0.4, 0.5) is 5.00 Å². The first kappa shape index (κ1) is 11.0.